The summed E-state index contributed by atoms with van der Waals surface area (Å²) in [6, 6.07) is 12.8. The third-order valence-corrected chi connectivity index (χ3v) is 4.62. The number of carbonyl (C=O) groups excluding carboxylic acids is 1. The molecule has 0 saturated carbocycles. The van der Waals surface area contributed by atoms with Gasteiger partial charge >= 0.3 is 6.03 Å². The summed E-state index contributed by atoms with van der Waals surface area (Å²) in [5.41, 5.74) is 1.55. The highest BCUT2D eigenvalue weighted by atomic mass is 19.1. The predicted octanol–water partition coefficient (Wildman–Crippen LogP) is 2.81. The maximum atomic E-state index is 13.6. The summed E-state index contributed by atoms with van der Waals surface area (Å²) in [7, 11) is 0. The molecule has 1 saturated heterocycles. The lowest BCUT2D eigenvalue weighted by molar-refractivity contribution is -0.384. The van der Waals surface area contributed by atoms with E-state index in [1.54, 1.807) is 35.2 Å². The first-order valence-corrected chi connectivity index (χ1v) is 8.80. The zero-order valence-electron chi connectivity index (χ0n) is 14.8. The van der Waals surface area contributed by atoms with Gasteiger partial charge in [-0.15, -0.1) is 0 Å². The molecule has 0 spiro atoms. The van der Waals surface area contributed by atoms with E-state index in [4.69, 9.17) is 0 Å². The Balaban J connectivity index is 1.45. The molecule has 0 atom stereocenters. The molecule has 2 aromatic carbocycles. The molecule has 1 fully saturated rings. The number of hydrogen-bond acceptors (Lipinski definition) is 4. The third kappa shape index (κ3) is 4.72. The van der Waals surface area contributed by atoms with E-state index in [1.165, 1.54) is 18.2 Å². The molecule has 7 nitrogen and oxygen atoms in total. The molecule has 1 aliphatic rings. The summed E-state index contributed by atoms with van der Waals surface area (Å²) >= 11 is 0. The number of nitrogens with one attached hydrogen (secondary N) is 1. The molecule has 2 amide bonds. The highest BCUT2D eigenvalue weighted by Gasteiger charge is 2.21. The van der Waals surface area contributed by atoms with Gasteiger partial charge in [-0.25, -0.2) is 9.18 Å². The smallest absolute Gasteiger partial charge is 0.317 e. The number of carbonyl (C=O) groups is 1. The minimum Gasteiger partial charge on any atom is -0.368 e. The quantitative estimate of drug-likeness (QED) is 0.647. The zero-order valence-corrected chi connectivity index (χ0v) is 14.8. The van der Waals surface area contributed by atoms with E-state index in [0.717, 1.165) is 5.69 Å². The fourth-order valence-electron chi connectivity index (χ4n) is 3.07. The number of urea groups is 1. The van der Waals surface area contributed by atoms with Crippen molar-refractivity contribution >= 4 is 17.4 Å². The van der Waals surface area contributed by atoms with Crippen LogP contribution in [0.15, 0.2) is 48.5 Å². The van der Waals surface area contributed by atoms with Crippen molar-refractivity contribution in [1.82, 2.24) is 10.2 Å². The number of piperazine rings is 1. The molecule has 142 valence electrons. The fourth-order valence-corrected chi connectivity index (χ4v) is 3.07. The van der Waals surface area contributed by atoms with Crippen LogP contribution in [0.1, 0.15) is 5.56 Å². The fraction of sp³-hybridized carbons (Fsp3) is 0.316. The van der Waals surface area contributed by atoms with E-state index in [-0.39, 0.29) is 17.5 Å². The summed E-state index contributed by atoms with van der Waals surface area (Å²) in [4.78, 5) is 26.4. The van der Waals surface area contributed by atoms with E-state index >= 15 is 0 Å². The van der Waals surface area contributed by atoms with Crippen molar-refractivity contribution in [1.29, 1.82) is 0 Å². The first kappa shape index (κ1) is 18.6. The van der Waals surface area contributed by atoms with Gasteiger partial charge in [0.05, 0.1) is 4.92 Å². The van der Waals surface area contributed by atoms with Crippen LogP contribution in [-0.4, -0.2) is 48.6 Å². The number of benzene rings is 2. The van der Waals surface area contributed by atoms with Gasteiger partial charge in [-0.3, -0.25) is 10.1 Å². The molecule has 0 unspecified atom stereocenters. The van der Waals surface area contributed by atoms with E-state index in [0.29, 0.717) is 44.7 Å². The van der Waals surface area contributed by atoms with Gasteiger partial charge in [0.15, 0.2) is 0 Å². The maximum absolute atomic E-state index is 13.6. The number of nitro benzene ring substituents is 1. The van der Waals surface area contributed by atoms with Crippen molar-refractivity contribution in [3.05, 3.63) is 70.0 Å². The molecule has 1 aliphatic heterocycles. The Morgan fingerprint density at radius 3 is 2.37 bits per heavy atom. The van der Waals surface area contributed by atoms with Gasteiger partial charge in [0.2, 0.25) is 0 Å². The molecular weight excluding hydrogens is 351 g/mol. The lowest BCUT2D eigenvalue weighted by Gasteiger charge is -2.36. The molecule has 27 heavy (non-hydrogen) atoms. The molecule has 0 aromatic heterocycles. The van der Waals surface area contributed by atoms with E-state index in [2.05, 4.69) is 10.2 Å². The van der Waals surface area contributed by atoms with Gasteiger partial charge in [-0.2, -0.15) is 0 Å². The lowest BCUT2D eigenvalue weighted by Crippen LogP contribution is -2.52. The normalized spacial score (nSPS) is 14.1. The van der Waals surface area contributed by atoms with Crippen LogP contribution in [0.4, 0.5) is 20.6 Å². The van der Waals surface area contributed by atoms with Gasteiger partial charge in [0, 0.05) is 50.5 Å². The van der Waals surface area contributed by atoms with Crippen molar-refractivity contribution in [2.24, 2.45) is 0 Å². The van der Waals surface area contributed by atoms with Gasteiger partial charge in [-0.05, 0) is 30.2 Å². The Bertz CT molecular complexity index is 805. The van der Waals surface area contributed by atoms with Crippen molar-refractivity contribution in [3.63, 3.8) is 0 Å². The molecule has 1 N–H and O–H groups in total. The van der Waals surface area contributed by atoms with Gasteiger partial charge in [0.25, 0.3) is 5.69 Å². The summed E-state index contributed by atoms with van der Waals surface area (Å²) < 4.78 is 13.6. The Kier molecular flexibility index (Phi) is 5.85. The van der Waals surface area contributed by atoms with Crippen LogP contribution in [0.3, 0.4) is 0 Å². The second-order valence-electron chi connectivity index (χ2n) is 6.32. The van der Waals surface area contributed by atoms with Crippen molar-refractivity contribution in [2.45, 2.75) is 6.42 Å². The maximum Gasteiger partial charge on any atom is 0.317 e. The number of amides is 2. The van der Waals surface area contributed by atoms with Gasteiger partial charge in [0.1, 0.15) is 5.82 Å². The number of hydrogen-bond donors (Lipinski definition) is 1. The predicted molar refractivity (Wildman–Crippen MR) is 100 cm³/mol. The average Bonchev–Trinajstić information content (AvgIpc) is 2.69. The molecule has 1 heterocycles. The standard InChI is InChI=1S/C19H21FN4O3/c20-18-4-2-1-3-15(18)9-10-21-19(25)23-13-11-22(12-14-23)16-5-7-17(8-6-16)24(26)27/h1-8H,9-14H2,(H,21,25). The minimum absolute atomic E-state index is 0.0617. The highest BCUT2D eigenvalue weighted by molar-refractivity contribution is 5.74. The number of anilines is 1. The first-order chi connectivity index (χ1) is 13.0. The van der Waals surface area contributed by atoms with E-state index in [1.807, 2.05) is 0 Å². The zero-order chi connectivity index (χ0) is 19.2. The molecule has 2 aromatic rings. The molecule has 8 heteroatoms. The Labute approximate surface area is 156 Å². The Morgan fingerprint density at radius 1 is 1.07 bits per heavy atom. The van der Waals surface area contributed by atoms with Crippen molar-refractivity contribution in [3.8, 4) is 0 Å². The van der Waals surface area contributed by atoms with E-state index < -0.39 is 4.92 Å². The lowest BCUT2D eigenvalue weighted by atomic mass is 10.1. The number of nitrogens with zero attached hydrogens (tertiary/aromatic N) is 3. The number of non-ortho nitro benzene ring substituents is 1. The summed E-state index contributed by atoms with van der Waals surface area (Å²) in [6.45, 7) is 2.80. The van der Waals surface area contributed by atoms with Crippen LogP contribution in [0.2, 0.25) is 0 Å². The van der Waals surface area contributed by atoms with Gasteiger partial charge in [-0.1, -0.05) is 18.2 Å². The topological polar surface area (TPSA) is 78.7 Å². The molecule has 3 rings (SSSR count). The second kappa shape index (κ2) is 8.48. The number of rotatable bonds is 5. The molecular formula is C19H21FN4O3. The van der Waals surface area contributed by atoms with Crippen LogP contribution in [0.5, 0.6) is 0 Å². The monoisotopic (exact) mass is 372 g/mol. The van der Waals surface area contributed by atoms with Gasteiger partial charge < -0.3 is 15.1 Å². The van der Waals surface area contributed by atoms with Crippen LogP contribution < -0.4 is 10.2 Å². The first-order valence-electron chi connectivity index (χ1n) is 8.80. The largest absolute Gasteiger partial charge is 0.368 e. The Hall–Kier alpha value is -3.16. The molecule has 0 bridgehead atoms. The summed E-state index contributed by atoms with van der Waals surface area (Å²) in [6.07, 6.45) is 0.446. The summed E-state index contributed by atoms with van der Waals surface area (Å²) in [5, 5.41) is 13.6. The Morgan fingerprint density at radius 2 is 1.74 bits per heavy atom. The second-order valence-corrected chi connectivity index (χ2v) is 6.32. The van der Waals surface area contributed by atoms with Crippen LogP contribution in [-0.2, 0) is 6.42 Å². The highest BCUT2D eigenvalue weighted by Crippen LogP contribution is 2.20. The van der Waals surface area contributed by atoms with Crippen molar-refractivity contribution in [2.75, 3.05) is 37.6 Å². The van der Waals surface area contributed by atoms with Crippen LogP contribution in [0.25, 0.3) is 0 Å². The SMILES string of the molecule is O=C(NCCc1ccccc1F)N1CCN(c2ccc([N+](=O)[O-])cc2)CC1. The molecule has 0 aliphatic carbocycles. The average molecular weight is 372 g/mol. The minimum atomic E-state index is -0.423. The van der Waals surface area contributed by atoms with Crippen LogP contribution in [0, 0.1) is 15.9 Å². The third-order valence-electron chi connectivity index (χ3n) is 4.62. The number of nitro groups is 1. The van der Waals surface area contributed by atoms with Crippen molar-refractivity contribution < 1.29 is 14.1 Å². The van der Waals surface area contributed by atoms with E-state index in [9.17, 15) is 19.3 Å². The molecule has 0 radical (unpaired) electrons. The summed E-state index contributed by atoms with van der Waals surface area (Å²) in [5.74, 6) is -0.261. The van der Waals surface area contributed by atoms with Crippen LogP contribution >= 0.6 is 0 Å². The number of halogens is 1.